The standard InChI is InChI=1S/C8H16N4O/c1-3-12-6-8(10-11-12)7-13-5-4-9-2/h6,9H,3-5,7H2,1-2H3. The largest absolute Gasteiger partial charge is 0.374 e. The number of likely N-dealkylation sites (N-methyl/N-ethyl adjacent to an activating group) is 1. The highest BCUT2D eigenvalue weighted by molar-refractivity contribution is 4.89. The summed E-state index contributed by atoms with van der Waals surface area (Å²) in [5, 5.41) is 10.9. The predicted molar refractivity (Wildman–Crippen MR) is 49.3 cm³/mol. The molecule has 5 nitrogen and oxygen atoms in total. The molecule has 13 heavy (non-hydrogen) atoms. The van der Waals surface area contributed by atoms with Crippen molar-refractivity contribution in [3.05, 3.63) is 11.9 Å². The molecule has 0 bridgehead atoms. The maximum atomic E-state index is 5.34. The molecule has 0 radical (unpaired) electrons. The van der Waals surface area contributed by atoms with Crippen molar-refractivity contribution in [3.63, 3.8) is 0 Å². The first kappa shape index (κ1) is 10.1. The van der Waals surface area contributed by atoms with Gasteiger partial charge in [0.1, 0.15) is 5.69 Å². The van der Waals surface area contributed by atoms with Gasteiger partial charge in [-0.1, -0.05) is 5.21 Å². The highest BCUT2D eigenvalue weighted by atomic mass is 16.5. The molecule has 5 heteroatoms. The van der Waals surface area contributed by atoms with Crippen LogP contribution in [0.4, 0.5) is 0 Å². The summed E-state index contributed by atoms with van der Waals surface area (Å²) < 4.78 is 7.13. The Balaban J connectivity index is 2.20. The third-order valence-corrected chi connectivity index (χ3v) is 1.66. The lowest BCUT2D eigenvalue weighted by molar-refractivity contribution is 0.121. The third kappa shape index (κ3) is 3.52. The van der Waals surface area contributed by atoms with Crippen LogP contribution in [0.1, 0.15) is 12.6 Å². The highest BCUT2D eigenvalue weighted by Crippen LogP contribution is 1.94. The number of hydrogen-bond donors (Lipinski definition) is 1. The van der Waals surface area contributed by atoms with E-state index >= 15 is 0 Å². The molecule has 1 aromatic heterocycles. The van der Waals surface area contributed by atoms with Crippen molar-refractivity contribution in [2.24, 2.45) is 0 Å². The van der Waals surface area contributed by atoms with Crippen LogP contribution in [-0.4, -0.2) is 35.2 Å². The molecule has 1 N–H and O–H groups in total. The molecule has 0 unspecified atom stereocenters. The molecule has 1 heterocycles. The Hall–Kier alpha value is -0.940. The van der Waals surface area contributed by atoms with Gasteiger partial charge in [-0.25, -0.2) is 0 Å². The first-order chi connectivity index (χ1) is 6.36. The van der Waals surface area contributed by atoms with E-state index in [1.54, 1.807) is 4.68 Å². The lowest BCUT2D eigenvalue weighted by Crippen LogP contribution is -2.14. The van der Waals surface area contributed by atoms with Gasteiger partial charge in [0.05, 0.1) is 19.4 Å². The summed E-state index contributed by atoms with van der Waals surface area (Å²) in [6.45, 7) is 4.99. The molecule has 0 aliphatic rings. The Morgan fingerprint density at radius 1 is 1.62 bits per heavy atom. The van der Waals surface area contributed by atoms with Crippen LogP contribution in [0.25, 0.3) is 0 Å². The number of aromatic nitrogens is 3. The lowest BCUT2D eigenvalue weighted by Gasteiger charge is -1.99. The molecule has 0 saturated heterocycles. The topological polar surface area (TPSA) is 52.0 Å². The second kappa shape index (κ2) is 5.66. The molecular weight excluding hydrogens is 168 g/mol. The van der Waals surface area contributed by atoms with Crippen LogP contribution in [0.3, 0.4) is 0 Å². The van der Waals surface area contributed by atoms with E-state index in [1.165, 1.54) is 0 Å². The molecule has 0 aliphatic heterocycles. The zero-order chi connectivity index (χ0) is 9.52. The molecule has 0 aliphatic carbocycles. The van der Waals surface area contributed by atoms with Crippen molar-refractivity contribution in [3.8, 4) is 0 Å². The minimum Gasteiger partial charge on any atom is -0.374 e. The van der Waals surface area contributed by atoms with Gasteiger partial charge in [0, 0.05) is 13.1 Å². The maximum Gasteiger partial charge on any atom is 0.108 e. The smallest absolute Gasteiger partial charge is 0.108 e. The fraction of sp³-hybridized carbons (Fsp3) is 0.750. The van der Waals surface area contributed by atoms with Crippen LogP contribution < -0.4 is 5.32 Å². The fourth-order valence-corrected chi connectivity index (χ4v) is 0.910. The van der Waals surface area contributed by atoms with Crippen LogP contribution in [0.5, 0.6) is 0 Å². The van der Waals surface area contributed by atoms with Gasteiger partial charge in [-0.05, 0) is 14.0 Å². The van der Waals surface area contributed by atoms with Gasteiger partial charge in [0.25, 0.3) is 0 Å². The summed E-state index contributed by atoms with van der Waals surface area (Å²) >= 11 is 0. The summed E-state index contributed by atoms with van der Waals surface area (Å²) in [4.78, 5) is 0. The van der Waals surface area contributed by atoms with Crippen molar-refractivity contribution in [2.45, 2.75) is 20.1 Å². The normalized spacial score (nSPS) is 10.6. The van der Waals surface area contributed by atoms with Crippen molar-refractivity contribution in [1.82, 2.24) is 20.3 Å². The van der Waals surface area contributed by atoms with Gasteiger partial charge in [-0.3, -0.25) is 4.68 Å². The van der Waals surface area contributed by atoms with Gasteiger partial charge in [-0.2, -0.15) is 0 Å². The molecule has 0 fully saturated rings. The molecular formula is C8H16N4O. The van der Waals surface area contributed by atoms with Crippen molar-refractivity contribution in [2.75, 3.05) is 20.2 Å². The van der Waals surface area contributed by atoms with Crippen molar-refractivity contribution < 1.29 is 4.74 Å². The van der Waals surface area contributed by atoms with Crippen molar-refractivity contribution in [1.29, 1.82) is 0 Å². The van der Waals surface area contributed by atoms with Gasteiger partial charge >= 0.3 is 0 Å². The van der Waals surface area contributed by atoms with E-state index in [4.69, 9.17) is 4.74 Å². The number of nitrogens with one attached hydrogen (secondary N) is 1. The number of rotatable bonds is 6. The molecule has 0 atom stereocenters. The fourth-order valence-electron chi connectivity index (χ4n) is 0.910. The highest BCUT2D eigenvalue weighted by Gasteiger charge is 1.98. The van der Waals surface area contributed by atoms with E-state index in [-0.39, 0.29) is 0 Å². The Kier molecular flexibility index (Phi) is 4.42. The van der Waals surface area contributed by atoms with Gasteiger partial charge in [-0.15, -0.1) is 5.10 Å². The van der Waals surface area contributed by atoms with Gasteiger partial charge in [0.2, 0.25) is 0 Å². The van der Waals surface area contributed by atoms with E-state index in [0.29, 0.717) is 13.2 Å². The SMILES string of the molecule is CCn1cc(COCCNC)nn1. The van der Waals surface area contributed by atoms with Crippen molar-refractivity contribution >= 4 is 0 Å². The molecule has 1 aromatic rings. The van der Waals surface area contributed by atoms with E-state index in [1.807, 2.05) is 20.2 Å². The molecule has 1 rings (SSSR count). The van der Waals surface area contributed by atoms with Crippen LogP contribution in [-0.2, 0) is 17.9 Å². The zero-order valence-corrected chi connectivity index (χ0v) is 8.16. The van der Waals surface area contributed by atoms with Crippen LogP contribution in [0, 0.1) is 0 Å². The van der Waals surface area contributed by atoms with E-state index < -0.39 is 0 Å². The summed E-state index contributed by atoms with van der Waals surface area (Å²) in [7, 11) is 1.90. The molecule has 0 amide bonds. The number of ether oxygens (including phenoxy) is 1. The first-order valence-corrected chi connectivity index (χ1v) is 4.48. The predicted octanol–water partition coefficient (Wildman–Crippen LogP) is 0.0340. The van der Waals surface area contributed by atoms with E-state index in [2.05, 4.69) is 15.6 Å². The minimum absolute atomic E-state index is 0.543. The van der Waals surface area contributed by atoms with Gasteiger partial charge in [0.15, 0.2) is 0 Å². The number of aryl methyl sites for hydroxylation is 1. The Morgan fingerprint density at radius 2 is 2.46 bits per heavy atom. The van der Waals surface area contributed by atoms with Crippen LogP contribution in [0.2, 0.25) is 0 Å². The number of nitrogens with zero attached hydrogens (tertiary/aromatic N) is 3. The molecule has 0 aromatic carbocycles. The summed E-state index contributed by atoms with van der Waals surface area (Å²) in [6, 6.07) is 0. The van der Waals surface area contributed by atoms with Gasteiger partial charge < -0.3 is 10.1 Å². The minimum atomic E-state index is 0.543. The monoisotopic (exact) mass is 184 g/mol. The van der Waals surface area contributed by atoms with Crippen LogP contribution in [0.15, 0.2) is 6.20 Å². The third-order valence-electron chi connectivity index (χ3n) is 1.66. The molecule has 74 valence electrons. The Bertz CT molecular complexity index is 236. The lowest BCUT2D eigenvalue weighted by atomic mass is 10.5. The van der Waals surface area contributed by atoms with E-state index in [0.717, 1.165) is 18.8 Å². The second-order valence-corrected chi connectivity index (χ2v) is 2.72. The number of hydrogen-bond acceptors (Lipinski definition) is 4. The van der Waals surface area contributed by atoms with Crippen LogP contribution >= 0.6 is 0 Å². The summed E-state index contributed by atoms with van der Waals surface area (Å²) in [5.74, 6) is 0. The second-order valence-electron chi connectivity index (χ2n) is 2.72. The Labute approximate surface area is 78.1 Å². The average Bonchev–Trinajstić information content (AvgIpc) is 2.60. The summed E-state index contributed by atoms with van der Waals surface area (Å²) in [5.41, 5.74) is 0.887. The molecule has 0 saturated carbocycles. The van der Waals surface area contributed by atoms with E-state index in [9.17, 15) is 0 Å². The zero-order valence-electron chi connectivity index (χ0n) is 8.16. The summed E-state index contributed by atoms with van der Waals surface area (Å²) in [6.07, 6.45) is 1.90. The first-order valence-electron chi connectivity index (χ1n) is 4.48. The average molecular weight is 184 g/mol. The maximum absolute atomic E-state index is 5.34. The Morgan fingerprint density at radius 3 is 3.08 bits per heavy atom. The molecule has 0 spiro atoms. The quantitative estimate of drug-likeness (QED) is 0.634.